The number of rotatable bonds is 3. The van der Waals surface area contributed by atoms with E-state index in [1.54, 1.807) is 6.07 Å². The van der Waals surface area contributed by atoms with Crippen molar-refractivity contribution in [1.82, 2.24) is 10.1 Å². The summed E-state index contributed by atoms with van der Waals surface area (Å²) in [6.07, 6.45) is 2.03. The molecule has 0 radical (unpaired) electrons. The SMILES string of the molecule is CC(C)c1cc(C(=O)N2CCCC2c2ccccc2)no1. The molecule has 0 spiro atoms. The molecule has 1 unspecified atom stereocenters. The minimum absolute atomic E-state index is 0.0306. The predicted octanol–water partition coefficient (Wildman–Crippen LogP) is 3.78. The van der Waals surface area contributed by atoms with Gasteiger partial charge >= 0.3 is 0 Å². The Morgan fingerprint density at radius 1 is 1.33 bits per heavy atom. The summed E-state index contributed by atoms with van der Waals surface area (Å²) >= 11 is 0. The lowest BCUT2D eigenvalue weighted by atomic mass is 10.0. The van der Waals surface area contributed by atoms with Crippen LogP contribution in [0.2, 0.25) is 0 Å². The minimum atomic E-state index is -0.0306. The molecule has 1 aromatic heterocycles. The number of benzene rings is 1. The van der Waals surface area contributed by atoms with Gasteiger partial charge in [0.15, 0.2) is 5.69 Å². The number of likely N-dealkylation sites (tertiary alicyclic amines) is 1. The molecule has 2 aromatic rings. The van der Waals surface area contributed by atoms with Gasteiger partial charge in [-0.25, -0.2) is 0 Å². The zero-order chi connectivity index (χ0) is 14.8. The van der Waals surface area contributed by atoms with E-state index in [1.165, 1.54) is 5.56 Å². The van der Waals surface area contributed by atoms with Gasteiger partial charge < -0.3 is 9.42 Å². The van der Waals surface area contributed by atoms with E-state index >= 15 is 0 Å². The lowest BCUT2D eigenvalue weighted by Gasteiger charge is -2.24. The minimum Gasteiger partial charge on any atom is -0.360 e. The fourth-order valence-corrected chi connectivity index (χ4v) is 2.84. The molecule has 1 fully saturated rings. The molecule has 3 rings (SSSR count). The van der Waals surface area contributed by atoms with Crippen molar-refractivity contribution in [3.63, 3.8) is 0 Å². The van der Waals surface area contributed by atoms with Crippen molar-refractivity contribution in [2.24, 2.45) is 0 Å². The molecule has 0 bridgehead atoms. The first-order valence-electron chi connectivity index (χ1n) is 7.49. The van der Waals surface area contributed by atoms with E-state index in [2.05, 4.69) is 17.3 Å². The Hall–Kier alpha value is -2.10. The third-order valence-electron chi connectivity index (χ3n) is 4.01. The summed E-state index contributed by atoms with van der Waals surface area (Å²) in [7, 11) is 0. The van der Waals surface area contributed by atoms with Gasteiger partial charge in [-0.15, -0.1) is 0 Å². The maximum atomic E-state index is 12.7. The van der Waals surface area contributed by atoms with Crippen LogP contribution in [0.4, 0.5) is 0 Å². The Morgan fingerprint density at radius 2 is 2.10 bits per heavy atom. The van der Waals surface area contributed by atoms with Gasteiger partial charge in [-0.1, -0.05) is 49.3 Å². The van der Waals surface area contributed by atoms with Crippen molar-refractivity contribution in [3.8, 4) is 0 Å². The molecule has 21 heavy (non-hydrogen) atoms. The van der Waals surface area contributed by atoms with Crippen LogP contribution in [-0.2, 0) is 0 Å². The van der Waals surface area contributed by atoms with E-state index in [0.717, 1.165) is 25.1 Å². The summed E-state index contributed by atoms with van der Waals surface area (Å²) in [4.78, 5) is 14.6. The van der Waals surface area contributed by atoms with Gasteiger partial charge in [-0.3, -0.25) is 4.79 Å². The molecule has 1 aliphatic heterocycles. The Kier molecular flexibility index (Phi) is 3.78. The number of nitrogens with zero attached hydrogens (tertiary/aromatic N) is 2. The number of carbonyl (C=O) groups is 1. The average Bonchev–Trinajstić information content (AvgIpc) is 3.17. The first-order valence-corrected chi connectivity index (χ1v) is 7.49. The molecule has 0 aliphatic carbocycles. The Labute approximate surface area is 124 Å². The first-order chi connectivity index (χ1) is 10.2. The molecule has 1 aromatic carbocycles. The predicted molar refractivity (Wildman–Crippen MR) is 80.0 cm³/mol. The van der Waals surface area contributed by atoms with Gasteiger partial charge in [-0.2, -0.15) is 0 Å². The Balaban J connectivity index is 1.83. The number of amides is 1. The zero-order valence-corrected chi connectivity index (χ0v) is 12.5. The van der Waals surface area contributed by atoms with Crippen LogP contribution in [0.15, 0.2) is 40.9 Å². The fraction of sp³-hybridized carbons (Fsp3) is 0.412. The highest BCUT2D eigenvalue weighted by Gasteiger charge is 2.32. The van der Waals surface area contributed by atoms with Gasteiger partial charge in [0.2, 0.25) is 0 Å². The highest BCUT2D eigenvalue weighted by molar-refractivity contribution is 5.92. The normalized spacial score (nSPS) is 18.4. The van der Waals surface area contributed by atoms with E-state index in [1.807, 2.05) is 36.9 Å². The molecule has 1 amide bonds. The van der Waals surface area contributed by atoms with Crippen LogP contribution in [0.25, 0.3) is 0 Å². The third kappa shape index (κ3) is 2.71. The van der Waals surface area contributed by atoms with E-state index < -0.39 is 0 Å². The van der Waals surface area contributed by atoms with E-state index in [-0.39, 0.29) is 17.9 Å². The first kappa shape index (κ1) is 13.9. The van der Waals surface area contributed by atoms with Crippen LogP contribution in [0.1, 0.15) is 60.5 Å². The van der Waals surface area contributed by atoms with E-state index in [4.69, 9.17) is 4.52 Å². The second kappa shape index (κ2) is 5.72. The van der Waals surface area contributed by atoms with E-state index in [9.17, 15) is 4.79 Å². The molecule has 1 atom stereocenters. The van der Waals surface area contributed by atoms with Crippen molar-refractivity contribution in [2.75, 3.05) is 6.54 Å². The third-order valence-corrected chi connectivity index (χ3v) is 4.01. The molecule has 2 heterocycles. The summed E-state index contributed by atoms with van der Waals surface area (Å²) in [5.41, 5.74) is 1.61. The monoisotopic (exact) mass is 284 g/mol. The molecular weight excluding hydrogens is 264 g/mol. The van der Waals surface area contributed by atoms with Crippen molar-refractivity contribution >= 4 is 5.91 Å². The van der Waals surface area contributed by atoms with Gasteiger partial charge in [0.25, 0.3) is 5.91 Å². The largest absolute Gasteiger partial charge is 0.360 e. The van der Waals surface area contributed by atoms with Gasteiger partial charge in [0.05, 0.1) is 6.04 Å². The topological polar surface area (TPSA) is 46.3 Å². The Morgan fingerprint density at radius 3 is 2.76 bits per heavy atom. The summed E-state index contributed by atoms with van der Waals surface area (Å²) in [5, 5.41) is 3.94. The van der Waals surface area contributed by atoms with Crippen molar-refractivity contribution < 1.29 is 9.32 Å². The molecule has 0 N–H and O–H groups in total. The number of hydrogen-bond donors (Lipinski definition) is 0. The fourth-order valence-electron chi connectivity index (χ4n) is 2.84. The summed E-state index contributed by atoms with van der Waals surface area (Å²) < 4.78 is 5.25. The van der Waals surface area contributed by atoms with Gasteiger partial charge in [-0.05, 0) is 18.4 Å². The van der Waals surface area contributed by atoms with Crippen LogP contribution in [0, 0.1) is 0 Å². The molecular formula is C17H20N2O2. The molecule has 1 saturated heterocycles. The molecule has 1 aliphatic rings. The summed E-state index contributed by atoms with van der Waals surface area (Å²) in [6, 6.07) is 12.1. The van der Waals surface area contributed by atoms with Crippen molar-refractivity contribution in [1.29, 1.82) is 0 Å². The highest BCUT2D eigenvalue weighted by atomic mass is 16.5. The summed E-state index contributed by atoms with van der Waals surface area (Å²) in [5.74, 6) is 0.966. The smallest absolute Gasteiger partial charge is 0.276 e. The Bertz CT molecular complexity index is 619. The second-order valence-electron chi connectivity index (χ2n) is 5.84. The second-order valence-corrected chi connectivity index (χ2v) is 5.84. The van der Waals surface area contributed by atoms with Crippen LogP contribution in [0.3, 0.4) is 0 Å². The van der Waals surface area contributed by atoms with Crippen molar-refractivity contribution in [2.45, 2.75) is 38.6 Å². The molecule has 0 saturated carbocycles. The molecule has 4 nitrogen and oxygen atoms in total. The van der Waals surface area contributed by atoms with Crippen molar-refractivity contribution in [3.05, 3.63) is 53.4 Å². The molecule has 4 heteroatoms. The van der Waals surface area contributed by atoms with E-state index in [0.29, 0.717) is 5.69 Å². The maximum Gasteiger partial charge on any atom is 0.276 e. The van der Waals surface area contributed by atoms with Crippen LogP contribution in [0.5, 0.6) is 0 Å². The summed E-state index contributed by atoms with van der Waals surface area (Å²) in [6.45, 7) is 4.83. The highest BCUT2D eigenvalue weighted by Crippen LogP contribution is 2.33. The quantitative estimate of drug-likeness (QED) is 0.861. The number of carbonyl (C=O) groups excluding carboxylic acids is 1. The lowest BCUT2D eigenvalue weighted by molar-refractivity contribution is 0.0725. The maximum absolute atomic E-state index is 12.7. The number of aromatic nitrogens is 1. The van der Waals surface area contributed by atoms with Gasteiger partial charge in [0.1, 0.15) is 5.76 Å². The average molecular weight is 284 g/mol. The molecule has 110 valence electrons. The standard InChI is InChI=1S/C17H20N2O2/c1-12(2)16-11-14(18-21-16)17(20)19-10-6-9-15(19)13-7-4-3-5-8-13/h3-5,7-8,11-12,15H,6,9-10H2,1-2H3. The van der Waals surface area contributed by atoms with Crippen LogP contribution >= 0.6 is 0 Å². The van der Waals surface area contributed by atoms with Crippen LogP contribution in [-0.4, -0.2) is 22.5 Å². The van der Waals surface area contributed by atoms with Gasteiger partial charge in [0, 0.05) is 18.5 Å². The number of hydrogen-bond acceptors (Lipinski definition) is 3. The van der Waals surface area contributed by atoms with Crippen LogP contribution < -0.4 is 0 Å². The lowest BCUT2D eigenvalue weighted by Crippen LogP contribution is -2.30. The zero-order valence-electron chi connectivity index (χ0n) is 12.5.